The van der Waals surface area contributed by atoms with Crippen LogP contribution < -0.4 is 5.73 Å². The molecule has 3 heteroatoms. The summed E-state index contributed by atoms with van der Waals surface area (Å²) >= 11 is 0. The zero-order chi connectivity index (χ0) is 10.6. The first-order valence-corrected chi connectivity index (χ1v) is 5.05. The smallest absolute Gasteiger partial charge is 0.180 e. The van der Waals surface area contributed by atoms with Gasteiger partial charge in [0.1, 0.15) is 0 Å². The monoisotopic (exact) mass is 200 g/mol. The Bertz CT molecular complexity index is 568. The number of benzene rings is 1. The molecule has 0 bridgehead atoms. The molecule has 2 N–H and O–H groups in total. The Morgan fingerprint density at radius 2 is 2.27 bits per heavy atom. The fourth-order valence-electron chi connectivity index (χ4n) is 2.43. The normalized spacial score (nSPS) is 19.9. The van der Waals surface area contributed by atoms with Crippen LogP contribution in [0.3, 0.4) is 0 Å². The summed E-state index contributed by atoms with van der Waals surface area (Å²) in [6.07, 6.45) is 2.73. The minimum absolute atomic E-state index is 0.0688. The number of Topliss-reactive ketones (excluding diaryl/α,β-unsaturated/α-hetero) is 1. The second-order valence-electron chi connectivity index (χ2n) is 4.14. The molecule has 3 nitrogen and oxygen atoms in total. The molecule has 1 atom stereocenters. The third-order valence-corrected chi connectivity index (χ3v) is 3.14. The maximum absolute atomic E-state index is 11.9. The van der Waals surface area contributed by atoms with Crippen molar-refractivity contribution in [2.45, 2.75) is 12.5 Å². The Hall–Kier alpha value is -1.61. The van der Waals surface area contributed by atoms with Crippen molar-refractivity contribution in [3.63, 3.8) is 0 Å². The SMILES string of the molecule is Cn1cc2c3c(cccc31)C(=O)C(N)C2. The van der Waals surface area contributed by atoms with E-state index in [0.717, 1.165) is 16.5 Å². The first kappa shape index (κ1) is 8.68. The Labute approximate surface area is 87.5 Å². The average Bonchev–Trinajstić information content (AvgIpc) is 2.54. The molecule has 0 spiro atoms. The van der Waals surface area contributed by atoms with Gasteiger partial charge in [0.15, 0.2) is 5.78 Å². The van der Waals surface area contributed by atoms with Crippen LogP contribution in [0.2, 0.25) is 0 Å². The number of hydrogen-bond acceptors (Lipinski definition) is 2. The molecule has 76 valence electrons. The van der Waals surface area contributed by atoms with Crippen LogP contribution in [-0.4, -0.2) is 16.4 Å². The van der Waals surface area contributed by atoms with Gasteiger partial charge in [-0.05, 0) is 18.1 Å². The third-order valence-electron chi connectivity index (χ3n) is 3.14. The molecule has 1 aliphatic rings. The van der Waals surface area contributed by atoms with E-state index >= 15 is 0 Å². The van der Waals surface area contributed by atoms with Crippen molar-refractivity contribution in [3.8, 4) is 0 Å². The van der Waals surface area contributed by atoms with E-state index in [4.69, 9.17) is 5.73 Å². The van der Waals surface area contributed by atoms with Gasteiger partial charge < -0.3 is 10.3 Å². The van der Waals surface area contributed by atoms with E-state index in [9.17, 15) is 4.79 Å². The van der Waals surface area contributed by atoms with Crippen molar-refractivity contribution in [2.75, 3.05) is 0 Å². The lowest BCUT2D eigenvalue weighted by Crippen LogP contribution is -2.35. The number of hydrogen-bond donors (Lipinski definition) is 1. The van der Waals surface area contributed by atoms with Gasteiger partial charge in [0.25, 0.3) is 0 Å². The Balaban J connectivity index is 2.47. The molecule has 1 aliphatic carbocycles. The Kier molecular flexibility index (Phi) is 1.56. The predicted molar refractivity (Wildman–Crippen MR) is 58.9 cm³/mol. The maximum atomic E-state index is 11.9. The van der Waals surface area contributed by atoms with E-state index < -0.39 is 0 Å². The zero-order valence-electron chi connectivity index (χ0n) is 8.53. The number of carbonyl (C=O) groups is 1. The molecule has 0 saturated carbocycles. The molecular formula is C12H12N2O. The van der Waals surface area contributed by atoms with Gasteiger partial charge in [-0.2, -0.15) is 0 Å². The van der Waals surface area contributed by atoms with Crippen molar-refractivity contribution < 1.29 is 4.79 Å². The maximum Gasteiger partial charge on any atom is 0.180 e. The van der Waals surface area contributed by atoms with E-state index in [1.165, 1.54) is 5.56 Å². The molecule has 0 aliphatic heterocycles. The van der Waals surface area contributed by atoms with Gasteiger partial charge in [0, 0.05) is 29.7 Å². The highest BCUT2D eigenvalue weighted by atomic mass is 16.1. The Morgan fingerprint density at radius 3 is 3.07 bits per heavy atom. The van der Waals surface area contributed by atoms with Gasteiger partial charge in [0.05, 0.1) is 6.04 Å². The number of ketones is 1. The van der Waals surface area contributed by atoms with Crippen LogP contribution in [0.4, 0.5) is 0 Å². The van der Waals surface area contributed by atoms with Gasteiger partial charge >= 0.3 is 0 Å². The number of nitrogens with two attached hydrogens (primary N) is 1. The number of carbonyl (C=O) groups excluding carboxylic acids is 1. The number of aryl methyl sites for hydroxylation is 1. The lowest BCUT2D eigenvalue weighted by molar-refractivity contribution is 0.0959. The topological polar surface area (TPSA) is 48.0 Å². The van der Waals surface area contributed by atoms with Gasteiger partial charge in [-0.25, -0.2) is 0 Å². The van der Waals surface area contributed by atoms with E-state index in [2.05, 4.69) is 10.8 Å². The lowest BCUT2D eigenvalue weighted by Gasteiger charge is -2.17. The minimum atomic E-state index is -0.370. The van der Waals surface area contributed by atoms with Crippen molar-refractivity contribution in [3.05, 3.63) is 35.5 Å². The van der Waals surface area contributed by atoms with Crippen LogP contribution in [0.15, 0.2) is 24.4 Å². The summed E-state index contributed by atoms with van der Waals surface area (Å²) in [6, 6.07) is 5.45. The van der Waals surface area contributed by atoms with E-state index in [1.807, 2.05) is 25.2 Å². The highest BCUT2D eigenvalue weighted by molar-refractivity contribution is 6.13. The van der Waals surface area contributed by atoms with E-state index in [0.29, 0.717) is 6.42 Å². The summed E-state index contributed by atoms with van der Waals surface area (Å²) < 4.78 is 2.06. The summed E-state index contributed by atoms with van der Waals surface area (Å²) in [6.45, 7) is 0. The number of nitrogens with zero attached hydrogens (tertiary/aromatic N) is 1. The van der Waals surface area contributed by atoms with Crippen LogP contribution in [-0.2, 0) is 13.5 Å². The largest absolute Gasteiger partial charge is 0.350 e. The van der Waals surface area contributed by atoms with Gasteiger partial charge in [-0.15, -0.1) is 0 Å². The summed E-state index contributed by atoms with van der Waals surface area (Å²) in [7, 11) is 2.00. The molecule has 15 heavy (non-hydrogen) atoms. The minimum Gasteiger partial charge on any atom is -0.350 e. The van der Waals surface area contributed by atoms with Crippen molar-refractivity contribution in [1.82, 2.24) is 4.57 Å². The molecule has 0 saturated heterocycles. The van der Waals surface area contributed by atoms with Crippen LogP contribution in [0.5, 0.6) is 0 Å². The van der Waals surface area contributed by atoms with Gasteiger partial charge in [-0.1, -0.05) is 12.1 Å². The molecule has 0 fully saturated rings. The molecule has 1 aromatic carbocycles. The van der Waals surface area contributed by atoms with Crippen LogP contribution >= 0.6 is 0 Å². The van der Waals surface area contributed by atoms with E-state index in [-0.39, 0.29) is 11.8 Å². The molecule has 0 radical (unpaired) electrons. The fraction of sp³-hybridized carbons (Fsp3) is 0.250. The van der Waals surface area contributed by atoms with Gasteiger partial charge in [-0.3, -0.25) is 4.79 Å². The predicted octanol–water partition coefficient (Wildman–Crippen LogP) is 1.24. The van der Waals surface area contributed by atoms with Crippen molar-refractivity contribution >= 4 is 16.7 Å². The average molecular weight is 200 g/mol. The van der Waals surface area contributed by atoms with E-state index in [1.54, 1.807) is 0 Å². The van der Waals surface area contributed by atoms with Crippen LogP contribution in [0.1, 0.15) is 15.9 Å². The second kappa shape index (κ2) is 2.70. The molecule has 3 rings (SSSR count). The summed E-state index contributed by atoms with van der Waals surface area (Å²) in [5.41, 5.74) is 8.90. The molecule has 1 unspecified atom stereocenters. The van der Waals surface area contributed by atoms with Gasteiger partial charge in [0.2, 0.25) is 0 Å². The zero-order valence-corrected chi connectivity index (χ0v) is 8.53. The molecule has 2 aromatic rings. The fourth-order valence-corrected chi connectivity index (χ4v) is 2.43. The molecular weight excluding hydrogens is 188 g/mol. The van der Waals surface area contributed by atoms with Crippen molar-refractivity contribution in [2.24, 2.45) is 12.8 Å². The summed E-state index contributed by atoms with van der Waals surface area (Å²) in [4.78, 5) is 11.9. The molecule has 0 amide bonds. The summed E-state index contributed by atoms with van der Waals surface area (Å²) in [5.74, 6) is 0.0688. The first-order chi connectivity index (χ1) is 7.18. The highest BCUT2D eigenvalue weighted by Crippen LogP contribution is 2.30. The van der Waals surface area contributed by atoms with Crippen LogP contribution in [0.25, 0.3) is 10.9 Å². The second-order valence-corrected chi connectivity index (χ2v) is 4.14. The molecule has 1 heterocycles. The Morgan fingerprint density at radius 1 is 1.47 bits per heavy atom. The quantitative estimate of drug-likeness (QED) is 0.695. The summed E-state index contributed by atoms with van der Waals surface area (Å²) in [5, 5.41) is 1.09. The first-order valence-electron chi connectivity index (χ1n) is 5.05. The molecule has 1 aromatic heterocycles. The number of aromatic nitrogens is 1. The van der Waals surface area contributed by atoms with Crippen LogP contribution in [0, 0.1) is 0 Å². The standard InChI is InChI=1S/C12H12N2O/c1-14-6-7-5-9(13)12(15)8-3-2-4-10(14)11(7)8/h2-4,6,9H,5,13H2,1H3. The van der Waals surface area contributed by atoms with Crippen molar-refractivity contribution in [1.29, 1.82) is 0 Å². The highest BCUT2D eigenvalue weighted by Gasteiger charge is 2.26. The lowest BCUT2D eigenvalue weighted by atomic mass is 9.89. The number of rotatable bonds is 0. The third kappa shape index (κ3) is 1.01.